The second-order valence-corrected chi connectivity index (χ2v) is 7.33. The largest absolute Gasteiger partial charge is 0.355 e. The highest BCUT2D eigenvalue weighted by molar-refractivity contribution is 7.10. The SMILES string of the molecule is Cc1ccc(Cl)cc1N(C)C(=O)c1noc2c1CCc1sccc1-2. The lowest BCUT2D eigenvalue weighted by Crippen LogP contribution is -2.28. The van der Waals surface area contributed by atoms with Crippen molar-refractivity contribution in [3.8, 4) is 11.3 Å². The van der Waals surface area contributed by atoms with E-state index in [0.717, 1.165) is 41.0 Å². The van der Waals surface area contributed by atoms with E-state index in [1.165, 1.54) is 4.88 Å². The Hall–Kier alpha value is -2.11. The summed E-state index contributed by atoms with van der Waals surface area (Å²) in [5, 5.41) is 6.72. The van der Waals surface area contributed by atoms with Crippen molar-refractivity contribution in [2.45, 2.75) is 19.8 Å². The lowest BCUT2D eigenvalue weighted by atomic mass is 9.95. The van der Waals surface area contributed by atoms with Crippen LogP contribution in [0.1, 0.15) is 26.5 Å². The van der Waals surface area contributed by atoms with E-state index in [2.05, 4.69) is 5.16 Å². The molecule has 3 aromatic rings. The van der Waals surface area contributed by atoms with Crippen molar-refractivity contribution in [3.63, 3.8) is 0 Å². The van der Waals surface area contributed by atoms with E-state index >= 15 is 0 Å². The van der Waals surface area contributed by atoms with E-state index in [9.17, 15) is 4.79 Å². The van der Waals surface area contributed by atoms with Crippen molar-refractivity contribution in [2.75, 3.05) is 11.9 Å². The average Bonchev–Trinajstić information content (AvgIpc) is 3.21. The van der Waals surface area contributed by atoms with E-state index < -0.39 is 0 Å². The van der Waals surface area contributed by atoms with E-state index in [0.29, 0.717) is 10.7 Å². The number of thiophene rings is 1. The summed E-state index contributed by atoms with van der Waals surface area (Å²) >= 11 is 7.79. The van der Waals surface area contributed by atoms with Gasteiger partial charge in [-0.3, -0.25) is 4.79 Å². The molecule has 0 radical (unpaired) electrons. The van der Waals surface area contributed by atoms with Gasteiger partial charge in [0.2, 0.25) is 0 Å². The van der Waals surface area contributed by atoms with Gasteiger partial charge in [-0.25, -0.2) is 0 Å². The molecule has 6 heteroatoms. The lowest BCUT2D eigenvalue weighted by molar-refractivity contribution is 0.0983. The number of fused-ring (bicyclic) bond motifs is 3. The topological polar surface area (TPSA) is 46.3 Å². The first-order valence-corrected chi connectivity index (χ1v) is 8.91. The van der Waals surface area contributed by atoms with E-state index in [-0.39, 0.29) is 5.91 Å². The lowest BCUT2D eigenvalue weighted by Gasteiger charge is -2.19. The van der Waals surface area contributed by atoms with Gasteiger partial charge in [0, 0.05) is 33.8 Å². The molecule has 0 fully saturated rings. The molecule has 0 N–H and O–H groups in total. The van der Waals surface area contributed by atoms with Crippen molar-refractivity contribution in [2.24, 2.45) is 0 Å². The van der Waals surface area contributed by atoms with Crippen molar-refractivity contribution >= 4 is 34.5 Å². The maximum atomic E-state index is 13.0. The maximum Gasteiger partial charge on any atom is 0.280 e. The molecule has 0 atom stereocenters. The second-order valence-electron chi connectivity index (χ2n) is 5.89. The van der Waals surface area contributed by atoms with Crippen LogP contribution in [-0.4, -0.2) is 18.1 Å². The average molecular weight is 359 g/mol. The van der Waals surface area contributed by atoms with Crippen LogP contribution in [0.15, 0.2) is 34.2 Å². The van der Waals surface area contributed by atoms with Gasteiger partial charge in [-0.15, -0.1) is 11.3 Å². The number of nitrogens with zero attached hydrogens (tertiary/aromatic N) is 2. The normalized spacial score (nSPS) is 12.6. The van der Waals surface area contributed by atoms with Gasteiger partial charge in [0.05, 0.1) is 0 Å². The van der Waals surface area contributed by atoms with Gasteiger partial charge < -0.3 is 9.42 Å². The molecular weight excluding hydrogens is 344 g/mol. The summed E-state index contributed by atoms with van der Waals surface area (Å²) in [7, 11) is 1.74. The molecule has 1 aromatic carbocycles. The minimum atomic E-state index is -0.177. The third kappa shape index (κ3) is 2.36. The molecule has 122 valence electrons. The molecule has 0 bridgehead atoms. The fraction of sp³-hybridized carbons (Fsp3) is 0.222. The molecule has 0 unspecified atom stereocenters. The zero-order chi connectivity index (χ0) is 16.8. The molecule has 4 nitrogen and oxygen atoms in total. The number of carbonyl (C=O) groups is 1. The van der Waals surface area contributed by atoms with Crippen LogP contribution >= 0.6 is 22.9 Å². The Morgan fingerprint density at radius 2 is 2.17 bits per heavy atom. The molecule has 1 amide bonds. The fourth-order valence-corrected chi connectivity index (χ4v) is 4.15. The van der Waals surface area contributed by atoms with Gasteiger partial charge in [0.25, 0.3) is 5.91 Å². The molecule has 1 aliphatic carbocycles. The quantitative estimate of drug-likeness (QED) is 0.664. The van der Waals surface area contributed by atoms with E-state index in [1.54, 1.807) is 29.4 Å². The molecule has 2 heterocycles. The van der Waals surface area contributed by atoms with Gasteiger partial charge in [-0.05, 0) is 48.9 Å². The highest BCUT2D eigenvalue weighted by Gasteiger charge is 2.30. The van der Waals surface area contributed by atoms with Crippen LogP contribution in [0.2, 0.25) is 5.02 Å². The highest BCUT2D eigenvalue weighted by Crippen LogP contribution is 2.38. The Bertz CT molecular complexity index is 944. The van der Waals surface area contributed by atoms with Crippen LogP contribution in [0.3, 0.4) is 0 Å². The molecule has 0 aliphatic heterocycles. The highest BCUT2D eigenvalue weighted by atomic mass is 35.5. The number of hydrogen-bond acceptors (Lipinski definition) is 4. The number of amides is 1. The number of anilines is 1. The molecule has 0 saturated heterocycles. The molecular formula is C18H15ClN2O2S. The Morgan fingerprint density at radius 1 is 1.33 bits per heavy atom. The summed E-state index contributed by atoms with van der Waals surface area (Å²) in [5.41, 5.74) is 4.11. The van der Waals surface area contributed by atoms with E-state index in [4.69, 9.17) is 16.1 Å². The van der Waals surface area contributed by atoms with Gasteiger partial charge in [0.15, 0.2) is 11.5 Å². The van der Waals surface area contributed by atoms with Gasteiger partial charge in [0.1, 0.15) is 0 Å². The third-order valence-corrected chi connectivity index (χ3v) is 5.64. The second kappa shape index (κ2) is 5.76. The number of halogens is 1. The number of rotatable bonds is 2. The Labute approximate surface area is 148 Å². The number of aryl methyl sites for hydroxylation is 2. The predicted molar refractivity (Wildman–Crippen MR) is 96.1 cm³/mol. The minimum Gasteiger partial charge on any atom is -0.355 e. The zero-order valence-corrected chi connectivity index (χ0v) is 14.9. The zero-order valence-electron chi connectivity index (χ0n) is 13.3. The third-order valence-electron chi connectivity index (χ3n) is 4.42. The van der Waals surface area contributed by atoms with Crippen LogP contribution in [0.5, 0.6) is 0 Å². The first kappa shape index (κ1) is 15.4. The first-order chi connectivity index (χ1) is 11.6. The predicted octanol–water partition coefficient (Wildman–Crippen LogP) is 4.74. The van der Waals surface area contributed by atoms with Crippen LogP contribution in [-0.2, 0) is 12.8 Å². The molecule has 0 spiro atoms. The first-order valence-electron chi connectivity index (χ1n) is 7.65. The summed E-state index contributed by atoms with van der Waals surface area (Å²) in [5.74, 6) is 0.557. The number of aromatic nitrogens is 1. The van der Waals surface area contributed by atoms with Gasteiger partial charge >= 0.3 is 0 Å². The van der Waals surface area contributed by atoms with Gasteiger partial charge in [-0.2, -0.15) is 0 Å². The van der Waals surface area contributed by atoms with Crippen molar-refractivity contribution in [1.29, 1.82) is 0 Å². The summed E-state index contributed by atoms with van der Waals surface area (Å²) in [6.45, 7) is 1.95. The van der Waals surface area contributed by atoms with Crippen molar-refractivity contribution in [1.82, 2.24) is 5.16 Å². The summed E-state index contributed by atoms with van der Waals surface area (Å²) < 4.78 is 5.52. The summed E-state index contributed by atoms with van der Waals surface area (Å²) in [6, 6.07) is 7.53. The smallest absolute Gasteiger partial charge is 0.280 e. The Kier molecular flexibility index (Phi) is 3.70. The summed E-state index contributed by atoms with van der Waals surface area (Å²) in [6.07, 6.45) is 1.69. The van der Waals surface area contributed by atoms with Crippen molar-refractivity contribution < 1.29 is 9.32 Å². The van der Waals surface area contributed by atoms with Crippen LogP contribution in [0, 0.1) is 6.92 Å². The standard InChI is InChI=1S/C18H15ClN2O2S/c1-10-3-4-11(19)9-14(10)21(2)18(22)16-13-5-6-15-12(7-8-24-15)17(13)23-20-16/h3-4,7-9H,5-6H2,1-2H3. The molecule has 0 saturated carbocycles. The molecule has 2 aromatic heterocycles. The number of carbonyl (C=O) groups excluding carboxylic acids is 1. The van der Waals surface area contributed by atoms with Crippen LogP contribution in [0.4, 0.5) is 5.69 Å². The maximum absolute atomic E-state index is 13.0. The monoisotopic (exact) mass is 358 g/mol. The molecule has 4 rings (SSSR count). The summed E-state index contributed by atoms with van der Waals surface area (Å²) in [4.78, 5) is 15.8. The van der Waals surface area contributed by atoms with E-state index in [1.807, 2.05) is 30.5 Å². The van der Waals surface area contributed by atoms with Crippen LogP contribution < -0.4 is 4.90 Å². The Morgan fingerprint density at radius 3 is 3.00 bits per heavy atom. The van der Waals surface area contributed by atoms with Crippen LogP contribution in [0.25, 0.3) is 11.3 Å². The number of hydrogen-bond donors (Lipinski definition) is 0. The fourth-order valence-electron chi connectivity index (χ4n) is 3.11. The molecule has 1 aliphatic rings. The minimum absolute atomic E-state index is 0.177. The molecule has 24 heavy (non-hydrogen) atoms. The Balaban J connectivity index is 1.73. The van der Waals surface area contributed by atoms with Crippen molar-refractivity contribution in [3.05, 3.63) is 56.4 Å². The van der Waals surface area contributed by atoms with Gasteiger partial charge in [-0.1, -0.05) is 22.8 Å². The number of benzene rings is 1.